The van der Waals surface area contributed by atoms with Crippen LogP contribution in [-0.2, 0) is 9.16 Å². The molecule has 0 aromatic heterocycles. The van der Waals surface area contributed by atoms with Gasteiger partial charge in [0.1, 0.15) is 5.60 Å². The van der Waals surface area contributed by atoms with Gasteiger partial charge in [-0.3, -0.25) is 0 Å². The van der Waals surface area contributed by atoms with Crippen molar-refractivity contribution in [3.63, 3.8) is 0 Å². The third-order valence-electron chi connectivity index (χ3n) is 4.85. The SMILES string of the molecule is CC(C)(C)OC(=O)N1CCC(S)(CO[Si](C)(C)C(C)(C)C)CC1. The molecule has 0 aliphatic carbocycles. The minimum Gasteiger partial charge on any atom is -0.444 e. The monoisotopic (exact) mass is 361 g/mol. The first-order chi connectivity index (χ1) is 10.2. The average molecular weight is 362 g/mol. The molecule has 1 heterocycles. The van der Waals surface area contributed by atoms with E-state index < -0.39 is 13.9 Å². The highest BCUT2D eigenvalue weighted by Crippen LogP contribution is 2.39. The lowest BCUT2D eigenvalue weighted by Crippen LogP contribution is -2.50. The molecule has 0 aromatic rings. The third-order valence-corrected chi connectivity index (χ3v) is 9.91. The molecule has 1 rings (SSSR count). The van der Waals surface area contributed by atoms with Gasteiger partial charge in [0.15, 0.2) is 8.32 Å². The summed E-state index contributed by atoms with van der Waals surface area (Å²) in [6.45, 7) is 19.0. The maximum Gasteiger partial charge on any atom is 0.410 e. The van der Waals surface area contributed by atoms with Crippen molar-refractivity contribution in [2.24, 2.45) is 0 Å². The molecular weight excluding hydrogens is 326 g/mol. The highest BCUT2D eigenvalue weighted by molar-refractivity contribution is 7.81. The van der Waals surface area contributed by atoms with Gasteiger partial charge in [-0.05, 0) is 51.7 Å². The van der Waals surface area contributed by atoms with Crippen LogP contribution in [0.5, 0.6) is 0 Å². The maximum atomic E-state index is 12.1. The Morgan fingerprint density at radius 1 is 1.13 bits per heavy atom. The first kappa shape index (κ1) is 20.8. The predicted octanol–water partition coefficient (Wildman–Crippen LogP) is 4.71. The molecule has 1 fully saturated rings. The summed E-state index contributed by atoms with van der Waals surface area (Å²) in [7, 11) is -1.76. The van der Waals surface area contributed by atoms with Crippen molar-refractivity contribution in [2.75, 3.05) is 19.7 Å². The molecule has 0 atom stereocenters. The summed E-state index contributed by atoms with van der Waals surface area (Å²) in [4.78, 5) is 13.9. The van der Waals surface area contributed by atoms with Crippen LogP contribution in [-0.4, -0.2) is 49.4 Å². The van der Waals surface area contributed by atoms with Crippen LogP contribution in [0.25, 0.3) is 0 Å². The molecule has 0 spiro atoms. The van der Waals surface area contributed by atoms with Crippen molar-refractivity contribution in [3.8, 4) is 0 Å². The van der Waals surface area contributed by atoms with Crippen LogP contribution in [0, 0.1) is 0 Å². The van der Waals surface area contributed by atoms with E-state index in [0.717, 1.165) is 12.8 Å². The molecule has 0 unspecified atom stereocenters. The number of thiol groups is 1. The summed E-state index contributed by atoms with van der Waals surface area (Å²) in [5, 5.41) is 0.203. The Kier molecular flexibility index (Phi) is 6.31. The molecule has 136 valence electrons. The molecule has 0 saturated carbocycles. The van der Waals surface area contributed by atoms with Crippen LogP contribution < -0.4 is 0 Å². The number of hydrogen-bond donors (Lipinski definition) is 1. The van der Waals surface area contributed by atoms with Gasteiger partial charge < -0.3 is 14.1 Å². The van der Waals surface area contributed by atoms with Crippen molar-refractivity contribution < 1.29 is 14.0 Å². The second-order valence-corrected chi connectivity index (χ2v) is 15.0. The molecule has 6 heteroatoms. The molecule has 0 aromatic carbocycles. The maximum absolute atomic E-state index is 12.1. The molecule has 1 saturated heterocycles. The van der Waals surface area contributed by atoms with Gasteiger partial charge in [-0.25, -0.2) is 4.79 Å². The summed E-state index contributed by atoms with van der Waals surface area (Å²) >= 11 is 4.87. The van der Waals surface area contributed by atoms with Crippen molar-refractivity contribution in [1.82, 2.24) is 4.90 Å². The lowest BCUT2D eigenvalue weighted by molar-refractivity contribution is 0.0182. The minimum absolute atomic E-state index is 0.145. The summed E-state index contributed by atoms with van der Waals surface area (Å²) < 4.78 is 11.6. The van der Waals surface area contributed by atoms with Crippen LogP contribution >= 0.6 is 12.6 Å². The fourth-order valence-electron chi connectivity index (χ4n) is 2.11. The zero-order valence-electron chi connectivity index (χ0n) is 16.2. The molecule has 0 radical (unpaired) electrons. The molecule has 1 aliphatic rings. The zero-order chi connectivity index (χ0) is 18.1. The van der Waals surface area contributed by atoms with Crippen LogP contribution in [0.2, 0.25) is 18.1 Å². The van der Waals surface area contributed by atoms with Crippen LogP contribution in [0.15, 0.2) is 0 Å². The number of carbonyl (C=O) groups excluding carboxylic acids is 1. The van der Waals surface area contributed by atoms with Gasteiger partial charge in [0.05, 0.1) is 0 Å². The summed E-state index contributed by atoms with van der Waals surface area (Å²) in [5.41, 5.74) is -0.446. The standard InChI is InChI=1S/C17H35NO3SSi/c1-15(2,3)21-14(19)18-11-9-17(22,10-12-18)13-20-23(7,8)16(4,5)6/h22H,9-13H2,1-8H3. The Bertz CT molecular complexity index is 419. The first-order valence-electron chi connectivity index (χ1n) is 8.50. The van der Waals surface area contributed by atoms with E-state index in [1.165, 1.54) is 0 Å². The molecule has 0 bridgehead atoms. The molecule has 1 aliphatic heterocycles. The Morgan fingerprint density at radius 3 is 2.00 bits per heavy atom. The van der Waals surface area contributed by atoms with Crippen LogP contribution in [0.3, 0.4) is 0 Å². The van der Waals surface area contributed by atoms with Gasteiger partial charge in [-0.2, -0.15) is 12.6 Å². The fourth-order valence-corrected chi connectivity index (χ4v) is 3.56. The number of nitrogens with zero attached hydrogens (tertiary/aromatic N) is 1. The lowest BCUT2D eigenvalue weighted by Gasteiger charge is -2.43. The molecular formula is C17H35NO3SSi. The third kappa shape index (κ3) is 6.31. The highest BCUT2D eigenvalue weighted by atomic mass is 32.1. The van der Waals surface area contributed by atoms with E-state index in [1.807, 2.05) is 20.8 Å². The van der Waals surface area contributed by atoms with Crippen LogP contribution in [0.4, 0.5) is 4.79 Å². The van der Waals surface area contributed by atoms with E-state index in [0.29, 0.717) is 19.7 Å². The van der Waals surface area contributed by atoms with E-state index in [9.17, 15) is 4.79 Å². The van der Waals surface area contributed by atoms with Crippen molar-refractivity contribution in [1.29, 1.82) is 0 Å². The molecule has 0 N–H and O–H groups in total. The molecule has 4 nitrogen and oxygen atoms in total. The van der Waals surface area contributed by atoms with Gasteiger partial charge in [0.2, 0.25) is 0 Å². The number of hydrogen-bond acceptors (Lipinski definition) is 4. The number of piperidine rings is 1. The molecule has 1 amide bonds. The van der Waals surface area contributed by atoms with Crippen molar-refractivity contribution >= 4 is 27.0 Å². The topological polar surface area (TPSA) is 38.8 Å². The second kappa shape index (κ2) is 6.96. The van der Waals surface area contributed by atoms with E-state index in [4.69, 9.17) is 21.8 Å². The Labute approximate surface area is 148 Å². The van der Waals surface area contributed by atoms with Crippen molar-refractivity contribution in [3.05, 3.63) is 0 Å². The lowest BCUT2D eigenvalue weighted by atomic mass is 9.97. The highest BCUT2D eigenvalue weighted by Gasteiger charge is 2.41. The van der Waals surface area contributed by atoms with E-state index in [1.54, 1.807) is 4.90 Å². The van der Waals surface area contributed by atoms with Gasteiger partial charge in [-0.15, -0.1) is 0 Å². The quantitative estimate of drug-likeness (QED) is 0.584. The zero-order valence-corrected chi connectivity index (χ0v) is 18.0. The number of rotatable bonds is 3. The molecule has 23 heavy (non-hydrogen) atoms. The van der Waals surface area contributed by atoms with Gasteiger partial charge in [0.25, 0.3) is 0 Å². The van der Waals surface area contributed by atoms with Crippen LogP contribution in [0.1, 0.15) is 54.4 Å². The number of amides is 1. The number of carbonyl (C=O) groups is 1. The number of ether oxygens (including phenoxy) is 1. The van der Waals surface area contributed by atoms with Gasteiger partial charge in [-0.1, -0.05) is 20.8 Å². The first-order valence-corrected chi connectivity index (χ1v) is 11.9. The van der Waals surface area contributed by atoms with Crippen molar-refractivity contribution in [2.45, 2.75) is 82.9 Å². The largest absolute Gasteiger partial charge is 0.444 e. The Hall–Kier alpha value is -0.203. The van der Waals surface area contributed by atoms with E-state index in [-0.39, 0.29) is 15.9 Å². The van der Waals surface area contributed by atoms with E-state index >= 15 is 0 Å². The minimum atomic E-state index is -1.76. The Balaban J connectivity index is 2.53. The van der Waals surface area contributed by atoms with E-state index in [2.05, 4.69) is 33.9 Å². The number of likely N-dealkylation sites (tertiary alicyclic amines) is 1. The summed E-state index contributed by atoms with van der Waals surface area (Å²) in [6.07, 6.45) is 1.45. The predicted molar refractivity (Wildman–Crippen MR) is 102 cm³/mol. The summed E-state index contributed by atoms with van der Waals surface area (Å²) in [6, 6.07) is 0. The normalized spacial score (nSPS) is 19.6. The average Bonchev–Trinajstić information content (AvgIpc) is 2.34. The summed E-state index contributed by atoms with van der Waals surface area (Å²) in [5.74, 6) is 0. The van der Waals surface area contributed by atoms with Gasteiger partial charge in [0, 0.05) is 24.4 Å². The Morgan fingerprint density at radius 2 is 1.61 bits per heavy atom. The van der Waals surface area contributed by atoms with Gasteiger partial charge >= 0.3 is 6.09 Å². The second-order valence-electron chi connectivity index (χ2n) is 9.24. The smallest absolute Gasteiger partial charge is 0.410 e. The fraction of sp³-hybridized carbons (Fsp3) is 0.941.